The molecule has 0 saturated heterocycles. The minimum Gasteiger partial charge on any atom is -0.396 e. The molecule has 5 N–H and O–H groups in total. The Bertz CT molecular complexity index is 949. The molecule has 0 fully saturated rings. The van der Waals surface area contributed by atoms with E-state index in [4.69, 9.17) is 14.2 Å². The second kappa shape index (κ2) is 24.9. The Kier molecular flexibility index (Phi) is 22.0. The molecule has 2 rings (SSSR count). The molecule has 1 aromatic rings. The van der Waals surface area contributed by atoms with E-state index in [1.807, 2.05) is 6.92 Å². The predicted molar refractivity (Wildman–Crippen MR) is 180 cm³/mol. The van der Waals surface area contributed by atoms with Crippen molar-refractivity contribution in [1.29, 1.82) is 0 Å². The number of hydrogen-bond acceptors (Lipinski definition) is 9. The lowest BCUT2D eigenvalue weighted by molar-refractivity contribution is 0.195. The number of anilines is 1. The number of unbranched alkanes of at least 4 members (excludes halogenated alkanes) is 16. The van der Waals surface area contributed by atoms with Gasteiger partial charge in [-0.3, -0.25) is 9.36 Å². The number of aliphatic hydroxyl groups is 2. The number of hydrogen-bond donors (Lipinski definition) is 5. The first kappa shape index (κ1) is 38.9. The molecule has 10 nitrogen and oxygen atoms in total. The Morgan fingerprint density at radius 2 is 1.43 bits per heavy atom. The Labute approximate surface area is 266 Å². The molecule has 2 unspecified atom stereocenters. The average Bonchev–Trinajstić information content (AvgIpc) is 3.45. The molecular formula is C33H63N4O6P. The SMILES string of the molecule is CCCOP(=O)(CC[C@@H](CO)NCC1CNc2c1nc[nH]c2=O)OCCCCCCCCCCCCCCCCCCCO. The maximum absolute atomic E-state index is 13.4. The van der Waals surface area contributed by atoms with Gasteiger partial charge in [0.1, 0.15) is 5.69 Å². The van der Waals surface area contributed by atoms with Crippen molar-refractivity contribution in [2.24, 2.45) is 0 Å². The van der Waals surface area contributed by atoms with E-state index in [0.717, 1.165) is 31.4 Å². The van der Waals surface area contributed by atoms with Gasteiger partial charge in [-0.2, -0.15) is 0 Å². The van der Waals surface area contributed by atoms with Crippen molar-refractivity contribution >= 4 is 13.3 Å². The molecule has 0 radical (unpaired) electrons. The minimum atomic E-state index is -3.23. The number of fused-ring (bicyclic) bond motifs is 1. The van der Waals surface area contributed by atoms with E-state index in [0.29, 0.717) is 45.0 Å². The molecular weight excluding hydrogens is 579 g/mol. The highest BCUT2D eigenvalue weighted by Gasteiger charge is 2.28. The highest BCUT2D eigenvalue weighted by molar-refractivity contribution is 7.53. The van der Waals surface area contributed by atoms with E-state index >= 15 is 0 Å². The number of aromatic amines is 1. The van der Waals surface area contributed by atoms with Crippen LogP contribution >= 0.6 is 7.60 Å². The maximum Gasteiger partial charge on any atom is 0.330 e. The summed E-state index contributed by atoms with van der Waals surface area (Å²) >= 11 is 0. The molecule has 1 aliphatic rings. The van der Waals surface area contributed by atoms with Crippen LogP contribution in [0.4, 0.5) is 5.69 Å². The number of nitrogens with zero attached hydrogens (tertiary/aromatic N) is 1. The number of aliphatic hydroxyl groups excluding tert-OH is 2. The quantitative estimate of drug-likeness (QED) is 0.0448. The van der Waals surface area contributed by atoms with Crippen LogP contribution in [0.25, 0.3) is 0 Å². The number of nitrogens with one attached hydrogen (secondary N) is 3. The third kappa shape index (κ3) is 16.9. The van der Waals surface area contributed by atoms with Crippen molar-refractivity contribution in [2.45, 2.75) is 141 Å². The molecule has 256 valence electrons. The molecule has 1 aliphatic heterocycles. The van der Waals surface area contributed by atoms with Crippen LogP contribution in [0.5, 0.6) is 0 Å². The van der Waals surface area contributed by atoms with Crippen LogP contribution in [0.1, 0.15) is 141 Å². The normalized spacial score (nSPS) is 16.5. The van der Waals surface area contributed by atoms with Crippen LogP contribution in [0.2, 0.25) is 0 Å². The van der Waals surface area contributed by atoms with Gasteiger partial charge in [-0.1, -0.05) is 103 Å². The van der Waals surface area contributed by atoms with E-state index in [9.17, 15) is 14.5 Å². The number of H-pyrrole nitrogens is 1. The van der Waals surface area contributed by atoms with Gasteiger partial charge in [0.05, 0.1) is 38.0 Å². The molecule has 0 aliphatic carbocycles. The highest BCUT2D eigenvalue weighted by atomic mass is 31.2. The topological polar surface area (TPSA) is 146 Å². The fourth-order valence-electron chi connectivity index (χ4n) is 5.73. The zero-order valence-electron chi connectivity index (χ0n) is 27.5. The summed E-state index contributed by atoms with van der Waals surface area (Å²) in [5, 5.41) is 25.2. The standard InChI is InChI=1S/C33H63N4O6P/c1-2-22-42-44(41,24-20-30(27-39)34-25-29-26-35-32-31(29)36-28-37-33(32)40)43-23-19-17-15-13-11-9-7-5-3-4-6-8-10-12-14-16-18-21-38/h28-30,34-35,38-39H,2-27H2,1H3,(H,36,37,40)/t29?,30-,44?/m0/s1. The third-order valence-corrected chi connectivity index (χ3v) is 10.5. The van der Waals surface area contributed by atoms with E-state index in [-0.39, 0.29) is 30.3 Å². The predicted octanol–water partition coefficient (Wildman–Crippen LogP) is 6.88. The molecule has 44 heavy (non-hydrogen) atoms. The molecule has 0 saturated carbocycles. The van der Waals surface area contributed by atoms with Crippen molar-refractivity contribution in [3.8, 4) is 0 Å². The summed E-state index contributed by atoms with van der Waals surface area (Å²) in [7, 11) is -3.23. The van der Waals surface area contributed by atoms with Gasteiger partial charge in [0.15, 0.2) is 0 Å². The second-order valence-corrected chi connectivity index (χ2v) is 14.6. The molecule has 0 aromatic carbocycles. The molecule has 0 amide bonds. The lowest BCUT2D eigenvalue weighted by atomic mass is 10.0. The van der Waals surface area contributed by atoms with Crippen LogP contribution in [0, 0.1) is 0 Å². The summed E-state index contributed by atoms with van der Waals surface area (Å²) in [6, 6.07) is -0.249. The van der Waals surface area contributed by atoms with Gasteiger partial charge in [0, 0.05) is 31.7 Å². The lowest BCUT2D eigenvalue weighted by Gasteiger charge is -2.23. The Morgan fingerprint density at radius 1 is 0.886 bits per heavy atom. The van der Waals surface area contributed by atoms with Crippen molar-refractivity contribution in [3.05, 3.63) is 22.4 Å². The van der Waals surface area contributed by atoms with Crippen molar-refractivity contribution in [1.82, 2.24) is 15.3 Å². The number of aromatic nitrogens is 2. The van der Waals surface area contributed by atoms with E-state index in [1.165, 1.54) is 96.2 Å². The average molecular weight is 643 g/mol. The zero-order chi connectivity index (χ0) is 31.7. The molecule has 2 heterocycles. The van der Waals surface area contributed by atoms with Gasteiger partial charge in [-0.05, 0) is 25.7 Å². The summed E-state index contributed by atoms with van der Waals surface area (Å²) in [4.78, 5) is 18.8. The van der Waals surface area contributed by atoms with E-state index in [1.54, 1.807) is 0 Å². The minimum absolute atomic E-state index is 0.0276. The smallest absolute Gasteiger partial charge is 0.330 e. The first-order valence-electron chi connectivity index (χ1n) is 17.7. The van der Waals surface area contributed by atoms with Crippen LogP contribution in [0.3, 0.4) is 0 Å². The van der Waals surface area contributed by atoms with Gasteiger partial charge in [-0.15, -0.1) is 0 Å². The van der Waals surface area contributed by atoms with Crippen molar-refractivity contribution in [2.75, 3.05) is 51.0 Å². The fraction of sp³-hybridized carbons (Fsp3) is 0.879. The summed E-state index contributed by atoms with van der Waals surface area (Å²) in [6.07, 6.45) is 24.1. The second-order valence-electron chi connectivity index (χ2n) is 12.4. The molecule has 3 atom stereocenters. The third-order valence-electron chi connectivity index (χ3n) is 8.50. The Hall–Kier alpha value is -1.29. The monoisotopic (exact) mass is 642 g/mol. The number of rotatable bonds is 30. The summed E-state index contributed by atoms with van der Waals surface area (Å²) in [5.74, 6) is 0.0276. The van der Waals surface area contributed by atoms with Gasteiger partial charge in [0.25, 0.3) is 5.56 Å². The summed E-state index contributed by atoms with van der Waals surface area (Å²) in [5.41, 5.74) is 1.07. The van der Waals surface area contributed by atoms with E-state index < -0.39 is 7.60 Å². The fourth-order valence-corrected chi connectivity index (χ4v) is 7.56. The van der Waals surface area contributed by atoms with Crippen LogP contribution in [0.15, 0.2) is 11.1 Å². The van der Waals surface area contributed by atoms with Crippen molar-refractivity contribution < 1.29 is 23.8 Å². The maximum atomic E-state index is 13.4. The van der Waals surface area contributed by atoms with Gasteiger partial charge < -0.3 is 34.9 Å². The van der Waals surface area contributed by atoms with Gasteiger partial charge in [0.2, 0.25) is 0 Å². The first-order valence-corrected chi connectivity index (χ1v) is 19.4. The van der Waals surface area contributed by atoms with Crippen molar-refractivity contribution in [3.63, 3.8) is 0 Å². The largest absolute Gasteiger partial charge is 0.396 e. The van der Waals surface area contributed by atoms with Crippen LogP contribution < -0.4 is 16.2 Å². The summed E-state index contributed by atoms with van der Waals surface area (Å²) in [6.45, 7) is 4.23. The van der Waals surface area contributed by atoms with Crippen LogP contribution in [-0.4, -0.2) is 71.9 Å². The molecule has 0 bridgehead atoms. The van der Waals surface area contributed by atoms with E-state index in [2.05, 4.69) is 20.6 Å². The first-order chi connectivity index (χ1) is 21.5. The molecule has 0 spiro atoms. The van der Waals surface area contributed by atoms with Gasteiger partial charge >= 0.3 is 7.60 Å². The Balaban J connectivity index is 1.50. The van der Waals surface area contributed by atoms with Gasteiger partial charge in [-0.25, -0.2) is 4.98 Å². The zero-order valence-corrected chi connectivity index (χ0v) is 28.4. The molecule has 11 heteroatoms. The highest BCUT2D eigenvalue weighted by Crippen LogP contribution is 2.49. The summed E-state index contributed by atoms with van der Waals surface area (Å²) < 4.78 is 25.0. The van der Waals surface area contributed by atoms with Crippen LogP contribution in [-0.2, 0) is 13.6 Å². The lowest BCUT2D eigenvalue weighted by Crippen LogP contribution is -2.37. The molecule has 1 aromatic heterocycles. The Morgan fingerprint density at radius 3 is 1.98 bits per heavy atom.